The van der Waals surface area contributed by atoms with Crippen LogP contribution in [0.2, 0.25) is 0 Å². The fourth-order valence-corrected chi connectivity index (χ4v) is 7.75. The van der Waals surface area contributed by atoms with E-state index in [9.17, 15) is 18.0 Å². The van der Waals surface area contributed by atoms with E-state index in [2.05, 4.69) is 31.4 Å². The SMILES string of the molecule is COc1cccc(C(=O)Nc2sc3c(c2C(=O)N[C@H]2CCS(=O)(=O)C2)CC[C@@H](C(C)(C)C)C3)c1. The Morgan fingerprint density at radius 3 is 2.56 bits per heavy atom. The highest BCUT2D eigenvalue weighted by Crippen LogP contribution is 2.44. The summed E-state index contributed by atoms with van der Waals surface area (Å²) in [6.45, 7) is 6.70. The van der Waals surface area contributed by atoms with Gasteiger partial charge in [0.15, 0.2) is 9.84 Å². The minimum Gasteiger partial charge on any atom is -0.497 e. The molecule has 2 N–H and O–H groups in total. The minimum absolute atomic E-state index is 0.0390. The van der Waals surface area contributed by atoms with Crippen LogP contribution in [-0.2, 0) is 22.7 Å². The van der Waals surface area contributed by atoms with Gasteiger partial charge in [-0.2, -0.15) is 0 Å². The van der Waals surface area contributed by atoms with Crippen molar-refractivity contribution in [2.45, 2.75) is 52.5 Å². The Kier molecular flexibility index (Phi) is 6.79. The van der Waals surface area contributed by atoms with E-state index in [4.69, 9.17) is 4.74 Å². The van der Waals surface area contributed by atoms with Crippen molar-refractivity contribution >= 4 is 38.0 Å². The molecule has 2 heterocycles. The summed E-state index contributed by atoms with van der Waals surface area (Å²) in [5, 5.41) is 6.39. The van der Waals surface area contributed by atoms with Crippen LogP contribution in [0, 0.1) is 11.3 Å². The zero-order valence-electron chi connectivity index (χ0n) is 20.1. The molecule has 184 valence electrons. The van der Waals surface area contributed by atoms with Gasteiger partial charge in [-0.15, -0.1) is 11.3 Å². The summed E-state index contributed by atoms with van der Waals surface area (Å²) in [4.78, 5) is 27.6. The molecule has 34 heavy (non-hydrogen) atoms. The number of thiophene rings is 1. The van der Waals surface area contributed by atoms with Gasteiger partial charge in [0, 0.05) is 16.5 Å². The smallest absolute Gasteiger partial charge is 0.256 e. The topological polar surface area (TPSA) is 102 Å². The first kappa shape index (κ1) is 24.7. The Bertz CT molecular complexity index is 1210. The molecule has 2 amide bonds. The molecular weight excluding hydrogens is 472 g/mol. The summed E-state index contributed by atoms with van der Waals surface area (Å²) in [6.07, 6.45) is 3.00. The zero-order chi connectivity index (χ0) is 24.7. The average Bonchev–Trinajstić information content (AvgIpc) is 3.30. The van der Waals surface area contributed by atoms with Gasteiger partial charge in [0.25, 0.3) is 11.8 Å². The first-order valence-corrected chi connectivity index (χ1v) is 14.2. The van der Waals surface area contributed by atoms with Gasteiger partial charge in [0.2, 0.25) is 0 Å². The molecule has 7 nitrogen and oxygen atoms in total. The number of carbonyl (C=O) groups is 2. The van der Waals surface area contributed by atoms with Crippen molar-refractivity contribution < 1.29 is 22.7 Å². The maximum absolute atomic E-state index is 13.4. The number of carbonyl (C=O) groups excluding carboxylic acids is 2. The van der Waals surface area contributed by atoms with E-state index in [0.29, 0.717) is 34.2 Å². The summed E-state index contributed by atoms with van der Waals surface area (Å²) in [7, 11) is -1.57. The van der Waals surface area contributed by atoms with E-state index in [1.165, 1.54) is 11.3 Å². The van der Waals surface area contributed by atoms with Crippen LogP contribution in [0.5, 0.6) is 5.75 Å². The number of hydrogen-bond acceptors (Lipinski definition) is 6. The molecule has 0 bridgehead atoms. The maximum Gasteiger partial charge on any atom is 0.256 e. The fraction of sp³-hybridized carbons (Fsp3) is 0.520. The molecule has 2 aromatic rings. The Morgan fingerprint density at radius 2 is 1.91 bits per heavy atom. The van der Waals surface area contributed by atoms with Gasteiger partial charge in [-0.05, 0) is 60.8 Å². The van der Waals surface area contributed by atoms with Gasteiger partial charge in [0.05, 0.1) is 24.2 Å². The number of sulfone groups is 1. The number of benzene rings is 1. The Labute approximate surface area is 205 Å². The highest BCUT2D eigenvalue weighted by atomic mass is 32.2. The minimum atomic E-state index is -3.12. The molecule has 1 aliphatic carbocycles. The number of fused-ring (bicyclic) bond motifs is 1. The van der Waals surface area contributed by atoms with Gasteiger partial charge in [-0.25, -0.2) is 8.42 Å². The second kappa shape index (κ2) is 9.34. The Balaban J connectivity index is 1.65. The van der Waals surface area contributed by atoms with Crippen LogP contribution < -0.4 is 15.4 Å². The molecule has 2 atom stereocenters. The molecule has 1 aliphatic heterocycles. The molecule has 2 aliphatic rings. The summed E-state index contributed by atoms with van der Waals surface area (Å²) in [5.41, 5.74) is 2.04. The quantitative estimate of drug-likeness (QED) is 0.639. The maximum atomic E-state index is 13.4. The van der Waals surface area contributed by atoms with Crippen LogP contribution in [0.3, 0.4) is 0 Å². The molecule has 0 spiro atoms. The largest absolute Gasteiger partial charge is 0.497 e. The standard InChI is InChI=1S/C25H32N2O5S2/c1-25(2,3)16-8-9-19-20(13-16)33-24(27-22(28)15-6-5-7-18(12-15)32-4)21(19)23(29)26-17-10-11-34(30,31)14-17/h5-7,12,16-17H,8-11,13-14H2,1-4H3,(H,26,29)(H,27,28)/t16-,17+/m1/s1. The molecule has 4 rings (SSSR count). The number of methoxy groups -OCH3 is 1. The van der Waals surface area contributed by atoms with Crippen LogP contribution in [0.25, 0.3) is 0 Å². The number of anilines is 1. The Morgan fingerprint density at radius 1 is 1.15 bits per heavy atom. The molecule has 1 saturated heterocycles. The molecule has 0 radical (unpaired) electrons. The van der Waals surface area contributed by atoms with Gasteiger partial charge in [-0.3, -0.25) is 9.59 Å². The summed E-state index contributed by atoms with van der Waals surface area (Å²) in [6, 6.07) is 6.46. The lowest BCUT2D eigenvalue weighted by Gasteiger charge is -2.33. The second-order valence-electron chi connectivity index (χ2n) is 10.3. The first-order chi connectivity index (χ1) is 16.0. The number of nitrogens with one attached hydrogen (secondary N) is 2. The third kappa shape index (κ3) is 5.30. The summed E-state index contributed by atoms with van der Waals surface area (Å²) in [5.74, 6) is 0.481. The van der Waals surface area contributed by atoms with Gasteiger partial charge >= 0.3 is 0 Å². The van der Waals surface area contributed by atoms with Crippen molar-refractivity contribution in [3.8, 4) is 5.75 Å². The number of amides is 2. The molecule has 1 aromatic carbocycles. The monoisotopic (exact) mass is 504 g/mol. The van der Waals surface area contributed by atoms with E-state index in [1.807, 2.05) is 0 Å². The molecular formula is C25H32N2O5S2. The summed E-state index contributed by atoms with van der Waals surface area (Å²) >= 11 is 1.46. The second-order valence-corrected chi connectivity index (χ2v) is 13.6. The van der Waals surface area contributed by atoms with Crippen LogP contribution in [0.15, 0.2) is 24.3 Å². The number of rotatable bonds is 5. The van der Waals surface area contributed by atoms with Crippen LogP contribution in [0.1, 0.15) is 64.8 Å². The van der Waals surface area contributed by atoms with Crippen LogP contribution >= 0.6 is 11.3 Å². The molecule has 9 heteroatoms. The number of ether oxygens (including phenoxy) is 1. The van der Waals surface area contributed by atoms with Crippen molar-refractivity contribution in [1.82, 2.24) is 5.32 Å². The van der Waals surface area contributed by atoms with Gasteiger partial charge < -0.3 is 15.4 Å². The normalized spacial score (nSPS) is 21.5. The third-order valence-corrected chi connectivity index (χ3v) is 9.78. The average molecular weight is 505 g/mol. The van der Waals surface area contributed by atoms with Crippen molar-refractivity contribution in [2.24, 2.45) is 11.3 Å². The van der Waals surface area contributed by atoms with E-state index < -0.39 is 15.9 Å². The summed E-state index contributed by atoms with van der Waals surface area (Å²) < 4.78 is 29.0. The highest BCUT2D eigenvalue weighted by molar-refractivity contribution is 7.91. The van der Waals surface area contributed by atoms with E-state index in [0.717, 1.165) is 29.7 Å². The predicted octanol–water partition coefficient (Wildman–Crippen LogP) is 4.08. The predicted molar refractivity (Wildman–Crippen MR) is 135 cm³/mol. The highest BCUT2D eigenvalue weighted by Gasteiger charge is 2.36. The lowest BCUT2D eigenvalue weighted by molar-refractivity contribution is 0.0941. The van der Waals surface area contributed by atoms with Crippen molar-refractivity contribution in [3.63, 3.8) is 0 Å². The van der Waals surface area contributed by atoms with Crippen molar-refractivity contribution in [2.75, 3.05) is 23.9 Å². The van der Waals surface area contributed by atoms with E-state index in [-0.39, 0.29) is 28.7 Å². The third-order valence-electron chi connectivity index (χ3n) is 6.84. The zero-order valence-corrected chi connectivity index (χ0v) is 21.7. The lowest BCUT2D eigenvalue weighted by atomic mass is 9.72. The van der Waals surface area contributed by atoms with Gasteiger partial charge in [0.1, 0.15) is 10.8 Å². The van der Waals surface area contributed by atoms with E-state index >= 15 is 0 Å². The fourth-order valence-electron chi connectivity index (χ4n) is 4.76. The molecule has 0 saturated carbocycles. The van der Waals surface area contributed by atoms with Crippen LogP contribution in [0.4, 0.5) is 5.00 Å². The van der Waals surface area contributed by atoms with E-state index in [1.54, 1.807) is 31.4 Å². The molecule has 1 fully saturated rings. The van der Waals surface area contributed by atoms with Gasteiger partial charge in [-0.1, -0.05) is 26.8 Å². The van der Waals surface area contributed by atoms with Crippen LogP contribution in [-0.4, -0.2) is 44.9 Å². The van der Waals surface area contributed by atoms with Crippen molar-refractivity contribution in [1.29, 1.82) is 0 Å². The molecule has 1 aromatic heterocycles. The number of hydrogen-bond donors (Lipinski definition) is 2. The Hall–Kier alpha value is -2.39. The molecule has 0 unspecified atom stereocenters. The lowest BCUT2D eigenvalue weighted by Crippen LogP contribution is -2.36. The first-order valence-electron chi connectivity index (χ1n) is 11.6. The van der Waals surface area contributed by atoms with Crippen molar-refractivity contribution in [3.05, 3.63) is 45.8 Å².